The Morgan fingerprint density at radius 1 is 1.00 bits per heavy atom. The second-order valence-corrected chi connectivity index (χ2v) is 7.71. The fourth-order valence-electron chi connectivity index (χ4n) is 3.58. The van der Waals surface area contributed by atoms with E-state index in [2.05, 4.69) is 12.0 Å². The van der Waals surface area contributed by atoms with Gasteiger partial charge in [-0.1, -0.05) is 67.1 Å². The maximum absolute atomic E-state index is 13.0. The summed E-state index contributed by atoms with van der Waals surface area (Å²) in [6.07, 6.45) is 0.0420. The van der Waals surface area contributed by atoms with Crippen molar-refractivity contribution in [2.75, 3.05) is 6.61 Å². The average Bonchev–Trinajstić information content (AvgIpc) is 2.80. The third-order valence-electron chi connectivity index (χ3n) is 5.33. The second kappa shape index (κ2) is 9.14. The van der Waals surface area contributed by atoms with Gasteiger partial charge in [0.25, 0.3) is 5.56 Å². The summed E-state index contributed by atoms with van der Waals surface area (Å²) in [4.78, 5) is 13.0. The van der Waals surface area contributed by atoms with Gasteiger partial charge in [-0.2, -0.15) is 5.10 Å². The van der Waals surface area contributed by atoms with Crippen molar-refractivity contribution in [2.24, 2.45) is 0 Å². The SMILES string of the molecule is CCc1cccc(OCC(O)Cn2nc(-c3ccc(C)cc3)c3ccccc3c2=O)c1. The quantitative estimate of drug-likeness (QED) is 0.488. The molecular weight excluding hydrogens is 388 g/mol. The predicted molar refractivity (Wildman–Crippen MR) is 123 cm³/mol. The zero-order valence-electron chi connectivity index (χ0n) is 17.8. The van der Waals surface area contributed by atoms with Gasteiger partial charge in [0.05, 0.1) is 17.6 Å². The summed E-state index contributed by atoms with van der Waals surface area (Å²) in [6.45, 7) is 4.24. The van der Waals surface area contributed by atoms with Crippen molar-refractivity contribution in [3.8, 4) is 17.0 Å². The van der Waals surface area contributed by atoms with Crippen LogP contribution in [0.4, 0.5) is 0 Å². The molecule has 3 aromatic carbocycles. The van der Waals surface area contributed by atoms with E-state index in [0.29, 0.717) is 11.1 Å². The van der Waals surface area contributed by atoms with Crippen molar-refractivity contribution in [3.05, 3.63) is 94.3 Å². The molecule has 31 heavy (non-hydrogen) atoms. The second-order valence-electron chi connectivity index (χ2n) is 7.71. The molecule has 0 saturated heterocycles. The number of fused-ring (bicyclic) bond motifs is 1. The fraction of sp³-hybridized carbons (Fsp3) is 0.231. The highest BCUT2D eigenvalue weighted by Gasteiger charge is 2.15. The lowest BCUT2D eigenvalue weighted by Crippen LogP contribution is -2.32. The molecule has 0 aliphatic carbocycles. The van der Waals surface area contributed by atoms with E-state index in [0.717, 1.165) is 28.6 Å². The normalized spacial score (nSPS) is 12.1. The number of hydrogen-bond acceptors (Lipinski definition) is 4. The van der Waals surface area contributed by atoms with Crippen molar-refractivity contribution in [1.82, 2.24) is 9.78 Å². The van der Waals surface area contributed by atoms with Gasteiger partial charge in [-0.3, -0.25) is 4.79 Å². The largest absolute Gasteiger partial charge is 0.491 e. The van der Waals surface area contributed by atoms with E-state index in [4.69, 9.17) is 4.74 Å². The van der Waals surface area contributed by atoms with Gasteiger partial charge in [-0.25, -0.2) is 4.68 Å². The highest BCUT2D eigenvalue weighted by atomic mass is 16.5. The summed E-state index contributed by atoms with van der Waals surface area (Å²) in [5, 5.41) is 16.6. The Balaban J connectivity index is 1.61. The predicted octanol–water partition coefficient (Wildman–Crippen LogP) is 4.37. The first-order chi connectivity index (χ1) is 15.0. The van der Waals surface area contributed by atoms with Crippen molar-refractivity contribution < 1.29 is 9.84 Å². The van der Waals surface area contributed by atoms with E-state index in [1.807, 2.05) is 73.7 Å². The molecule has 0 spiro atoms. The Bertz CT molecular complexity index is 1250. The van der Waals surface area contributed by atoms with E-state index >= 15 is 0 Å². The summed E-state index contributed by atoms with van der Waals surface area (Å²) >= 11 is 0. The molecule has 1 N–H and O–H groups in total. The molecule has 0 fully saturated rings. The Morgan fingerprint density at radius 2 is 1.74 bits per heavy atom. The number of ether oxygens (including phenoxy) is 1. The van der Waals surface area contributed by atoms with E-state index in [-0.39, 0.29) is 18.7 Å². The summed E-state index contributed by atoms with van der Waals surface area (Å²) in [5.74, 6) is 0.706. The number of hydrogen-bond donors (Lipinski definition) is 1. The summed E-state index contributed by atoms with van der Waals surface area (Å²) < 4.78 is 7.09. The first-order valence-electron chi connectivity index (χ1n) is 10.5. The Labute approximate surface area is 181 Å². The third-order valence-corrected chi connectivity index (χ3v) is 5.33. The van der Waals surface area contributed by atoms with Crippen LogP contribution in [0, 0.1) is 6.92 Å². The summed E-state index contributed by atoms with van der Waals surface area (Å²) in [7, 11) is 0. The van der Waals surface area contributed by atoms with Gasteiger partial charge in [-0.05, 0) is 37.1 Å². The van der Waals surface area contributed by atoms with E-state index in [1.54, 1.807) is 6.07 Å². The zero-order chi connectivity index (χ0) is 21.8. The number of aryl methyl sites for hydroxylation is 2. The number of benzene rings is 3. The first kappa shape index (κ1) is 20.8. The van der Waals surface area contributed by atoms with Crippen LogP contribution >= 0.6 is 0 Å². The number of aromatic nitrogens is 2. The summed E-state index contributed by atoms with van der Waals surface area (Å²) in [6, 6.07) is 23.3. The van der Waals surface area contributed by atoms with Gasteiger partial charge in [0, 0.05) is 10.9 Å². The van der Waals surface area contributed by atoms with Crippen LogP contribution < -0.4 is 10.3 Å². The van der Waals surface area contributed by atoms with Gasteiger partial charge in [-0.15, -0.1) is 0 Å². The van der Waals surface area contributed by atoms with Crippen LogP contribution in [0.15, 0.2) is 77.6 Å². The highest BCUT2D eigenvalue weighted by molar-refractivity contribution is 5.93. The molecule has 4 rings (SSSR count). The van der Waals surface area contributed by atoms with Crippen molar-refractivity contribution in [1.29, 1.82) is 0 Å². The molecule has 0 aliphatic rings. The number of nitrogens with zero attached hydrogens (tertiary/aromatic N) is 2. The molecular formula is C26H26N2O3. The minimum Gasteiger partial charge on any atom is -0.491 e. The monoisotopic (exact) mass is 414 g/mol. The van der Waals surface area contributed by atoms with Crippen LogP contribution in [0.5, 0.6) is 5.75 Å². The third kappa shape index (κ3) is 4.67. The lowest BCUT2D eigenvalue weighted by molar-refractivity contribution is 0.0882. The van der Waals surface area contributed by atoms with Crippen LogP contribution in [-0.2, 0) is 13.0 Å². The van der Waals surface area contributed by atoms with Gasteiger partial charge in [0.1, 0.15) is 18.5 Å². The molecule has 0 amide bonds. The Morgan fingerprint density at radius 3 is 2.48 bits per heavy atom. The first-order valence-corrected chi connectivity index (χ1v) is 10.5. The van der Waals surface area contributed by atoms with E-state index in [1.165, 1.54) is 10.2 Å². The lowest BCUT2D eigenvalue weighted by atomic mass is 10.0. The van der Waals surface area contributed by atoms with Gasteiger partial charge in [0.15, 0.2) is 0 Å². The minimum atomic E-state index is -0.873. The fourth-order valence-corrected chi connectivity index (χ4v) is 3.58. The van der Waals surface area contributed by atoms with Crippen molar-refractivity contribution >= 4 is 10.8 Å². The number of rotatable bonds is 7. The zero-order valence-corrected chi connectivity index (χ0v) is 17.8. The Hall–Kier alpha value is -3.44. The van der Waals surface area contributed by atoms with Gasteiger partial charge < -0.3 is 9.84 Å². The summed E-state index contributed by atoms with van der Waals surface area (Å²) in [5.41, 5.74) is 3.75. The minimum absolute atomic E-state index is 0.0516. The molecule has 0 aliphatic heterocycles. The van der Waals surface area contributed by atoms with Crippen LogP contribution in [0.1, 0.15) is 18.1 Å². The van der Waals surface area contributed by atoms with E-state index in [9.17, 15) is 9.90 Å². The number of aliphatic hydroxyl groups is 1. The van der Waals surface area contributed by atoms with Crippen LogP contribution in [0.3, 0.4) is 0 Å². The topological polar surface area (TPSA) is 64.3 Å². The smallest absolute Gasteiger partial charge is 0.274 e. The highest BCUT2D eigenvalue weighted by Crippen LogP contribution is 2.25. The molecule has 1 unspecified atom stereocenters. The molecule has 1 aromatic heterocycles. The van der Waals surface area contributed by atoms with Crippen molar-refractivity contribution in [3.63, 3.8) is 0 Å². The molecule has 4 aromatic rings. The maximum Gasteiger partial charge on any atom is 0.274 e. The molecule has 158 valence electrons. The van der Waals surface area contributed by atoms with Crippen LogP contribution in [0.2, 0.25) is 0 Å². The molecule has 0 saturated carbocycles. The van der Waals surface area contributed by atoms with Gasteiger partial charge >= 0.3 is 0 Å². The maximum atomic E-state index is 13.0. The van der Waals surface area contributed by atoms with Crippen LogP contribution in [-0.4, -0.2) is 27.6 Å². The molecule has 1 atom stereocenters. The molecule has 0 bridgehead atoms. The molecule has 1 heterocycles. The molecule has 5 heteroatoms. The van der Waals surface area contributed by atoms with E-state index < -0.39 is 6.10 Å². The standard InChI is InChI=1S/C26H26N2O3/c1-3-19-7-6-8-22(15-19)31-17-21(29)16-28-26(30)24-10-5-4-9-23(24)25(27-28)20-13-11-18(2)12-14-20/h4-15,21,29H,3,16-17H2,1-2H3. The molecule has 0 radical (unpaired) electrons. The average molecular weight is 415 g/mol. The van der Waals surface area contributed by atoms with Gasteiger partial charge in [0.2, 0.25) is 0 Å². The van der Waals surface area contributed by atoms with Crippen LogP contribution in [0.25, 0.3) is 22.0 Å². The number of aliphatic hydroxyl groups excluding tert-OH is 1. The van der Waals surface area contributed by atoms with Crippen molar-refractivity contribution in [2.45, 2.75) is 32.9 Å². The molecule has 5 nitrogen and oxygen atoms in total. The Kier molecular flexibility index (Phi) is 6.14. The lowest BCUT2D eigenvalue weighted by Gasteiger charge is -2.16.